The van der Waals surface area contributed by atoms with E-state index in [2.05, 4.69) is 20.7 Å². The van der Waals surface area contributed by atoms with E-state index in [0.29, 0.717) is 27.5 Å². The average Bonchev–Trinajstić information content (AvgIpc) is 2.20. The Morgan fingerprint density at radius 1 is 1.38 bits per heavy atom. The SMILES string of the molecule is O=S(=O)(CCCCl)Nc1ccc(Cl)c(Br)c1. The minimum Gasteiger partial charge on any atom is -0.284 e. The summed E-state index contributed by atoms with van der Waals surface area (Å²) in [5, 5.41) is 0.531. The molecule has 1 aromatic rings. The maximum atomic E-state index is 11.5. The molecule has 0 amide bonds. The molecule has 7 heteroatoms. The summed E-state index contributed by atoms with van der Waals surface area (Å²) in [6.45, 7) is 0. The van der Waals surface area contributed by atoms with Gasteiger partial charge in [-0.1, -0.05) is 11.6 Å². The first-order valence-electron chi connectivity index (χ1n) is 4.46. The van der Waals surface area contributed by atoms with Crippen LogP contribution in [0.1, 0.15) is 6.42 Å². The lowest BCUT2D eigenvalue weighted by Gasteiger charge is -2.07. The van der Waals surface area contributed by atoms with Crippen molar-refractivity contribution in [1.29, 1.82) is 0 Å². The van der Waals surface area contributed by atoms with E-state index in [1.807, 2.05) is 0 Å². The monoisotopic (exact) mass is 345 g/mol. The number of nitrogens with one attached hydrogen (secondary N) is 1. The Morgan fingerprint density at radius 3 is 2.62 bits per heavy atom. The van der Waals surface area contributed by atoms with E-state index in [1.165, 1.54) is 0 Å². The zero-order valence-corrected chi connectivity index (χ0v) is 12.1. The van der Waals surface area contributed by atoms with Gasteiger partial charge in [-0.25, -0.2) is 8.42 Å². The lowest BCUT2D eigenvalue weighted by molar-refractivity contribution is 0.600. The van der Waals surface area contributed by atoms with Crippen molar-refractivity contribution < 1.29 is 8.42 Å². The Kier molecular flexibility index (Phi) is 5.37. The molecule has 0 saturated carbocycles. The summed E-state index contributed by atoms with van der Waals surface area (Å²) in [4.78, 5) is 0. The van der Waals surface area contributed by atoms with Crippen LogP contribution in [0.4, 0.5) is 5.69 Å². The normalized spacial score (nSPS) is 11.4. The van der Waals surface area contributed by atoms with Gasteiger partial charge in [-0.2, -0.15) is 0 Å². The summed E-state index contributed by atoms with van der Waals surface area (Å²) in [6, 6.07) is 4.83. The summed E-state index contributed by atoms with van der Waals surface area (Å²) >= 11 is 14.5. The van der Waals surface area contributed by atoms with Crippen LogP contribution in [0.3, 0.4) is 0 Å². The van der Waals surface area contributed by atoms with Gasteiger partial charge in [-0.3, -0.25) is 4.72 Å². The molecule has 0 saturated heterocycles. The fourth-order valence-corrected chi connectivity index (χ4v) is 2.94. The second-order valence-corrected chi connectivity index (χ2v) is 6.57. The summed E-state index contributed by atoms with van der Waals surface area (Å²) in [6.07, 6.45) is 0.422. The maximum absolute atomic E-state index is 11.5. The van der Waals surface area contributed by atoms with Crippen LogP contribution in [0.2, 0.25) is 5.02 Å². The number of hydrogen-bond donors (Lipinski definition) is 1. The lowest BCUT2D eigenvalue weighted by atomic mass is 10.3. The molecule has 0 aliphatic rings. The second kappa shape index (κ2) is 6.10. The van der Waals surface area contributed by atoms with Gasteiger partial charge in [-0.15, -0.1) is 11.6 Å². The fourth-order valence-electron chi connectivity index (χ4n) is 1.03. The highest BCUT2D eigenvalue weighted by Gasteiger charge is 2.10. The van der Waals surface area contributed by atoms with Gasteiger partial charge in [0, 0.05) is 16.0 Å². The molecule has 0 aliphatic carbocycles. The predicted molar refractivity (Wildman–Crippen MR) is 71.9 cm³/mol. The third kappa shape index (κ3) is 4.49. The first-order valence-corrected chi connectivity index (χ1v) is 7.82. The van der Waals surface area contributed by atoms with Gasteiger partial charge in [0.15, 0.2) is 0 Å². The minimum absolute atomic E-state index is 0.0107. The van der Waals surface area contributed by atoms with Crippen LogP contribution in [-0.2, 0) is 10.0 Å². The number of anilines is 1. The Morgan fingerprint density at radius 2 is 2.06 bits per heavy atom. The molecule has 0 unspecified atom stereocenters. The zero-order valence-electron chi connectivity index (χ0n) is 8.21. The Labute approximate surface area is 113 Å². The van der Waals surface area contributed by atoms with Gasteiger partial charge in [-0.05, 0) is 40.5 Å². The molecule has 0 bridgehead atoms. The molecule has 0 radical (unpaired) electrons. The van der Waals surface area contributed by atoms with Crippen LogP contribution >= 0.6 is 39.1 Å². The molecule has 0 atom stereocenters. The third-order valence-corrected chi connectivity index (χ3v) is 4.59. The van der Waals surface area contributed by atoms with E-state index in [0.717, 1.165) is 0 Å². The summed E-state index contributed by atoms with van der Waals surface area (Å²) in [7, 11) is -3.32. The van der Waals surface area contributed by atoms with Crippen molar-refractivity contribution in [3.8, 4) is 0 Å². The van der Waals surface area contributed by atoms with Crippen LogP contribution in [0.5, 0.6) is 0 Å². The van der Waals surface area contributed by atoms with Crippen LogP contribution < -0.4 is 4.72 Å². The van der Waals surface area contributed by atoms with Crippen molar-refractivity contribution >= 4 is 54.8 Å². The maximum Gasteiger partial charge on any atom is 0.232 e. The van der Waals surface area contributed by atoms with Crippen LogP contribution in [0, 0.1) is 0 Å². The Bertz CT molecular complexity index is 465. The highest BCUT2D eigenvalue weighted by Crippen LogP contribution is 2.26. The highest BCUT2D eigenvalue weighted by atomic mass is 79.9. The lowest BCUT2D eigenvalue weighted by Crippen LogP contribution is -2.16. The van der Waals surface area contributed by atoms with Crippen molar-refractivity contribution in [3.05, 3.63) is 27.7 Å². The molecule has 0 heterocycles. The van der Waals surface area contributed by atoms with Crippen molar-refractivity contribution in [3.63, 3.8) is 0 Å². The van der Waals surface area contributed by atoms with E-state index in [4.69, 9.17) is 23.2 Å². The number of rotatable bonds is 5. The van der Waals surface area contributed by atoms with Gasteiger partial charge in [0.1, 0.15) is 0 Å². The quantitative estimate of drug-likeness (QED) is 0.829. The number of sulfonamides is 1. The van der Waals surface area contributed by atoms with Crippen molar-refractivity contribution in [1.82, 2.24) is 0 Å². The molecular formula is C9H10BrCl2NO2S. The molecule has 1 N–H and O–H groups in total. The first-order chi connectivity index (χ1) is 7.44. The van der Waals surface area contributed by atoms with E-state index in [1.54, 1.807) is 18.2 Å². The second-order valence-electron chi connectivity index (χ2n) is 3.09. The fraction of sp³-hybridized carbons (Fsp3) is 0.333. The molecule has 1 aromatic carbocycles. The van der Waals surface area contributed by atoms with Crippen LogP contribution in [-0.4, -0.2) is 20.1 Å². The molecular weight excluding hydrogens is 337 g/mol. The van der Waals surface area contributed by atoms with E-state index in [9.17, 15) is 8.42 Å². The van der Waals surface area contributed by atoms with Crippen LogP contribution in [0.15, 0.2) is 22.7 Å². The van der Waals surface area contributed by atoms with Crippen molar-refractivity contribution in [2.24, 2.45) is 0 Å². The van der Waals surface area contributed by atoms with Gasteiger partial charge >= 0.3 is 0 Å². The number of alkyl halides is 1. The molecule has 3 nitrogen and oxygen atoms in total. The minimum atomic E-state index is -3.32. The smallest absolute Gasteiger partial charge is 0.232 e. The Balaban J connectivity index is 2.76. The molecule has 1 rings (SSSR count). The third-order valence-electron chi connectivity index (χ3n) is 1.74. The Hall–Kier alpha value is 0.0300. The summed E-state index contributed by atoms with van der Waals surface area (Å²) in [5.74, 6) is 0.335. The number of hydrogen-bond acceptors (Lipinski definition) is 2. The van der Waals surface area contributed by atoms with Crippen molar-refractivity contribution in [2.75, 3.05) is 16.4 Å². The predicted octanol–water partition coefficient (Wildman–Crippen LogP) is 3.47. The highest BCUT2D eigenvalue weighted by molar-refractivity contribution is 9.10. The van der Waals surface area contributed by atoms with E-state index >= 15 is 0 Å². The van der Waals surface area contributed by atoms with Crippen LogP contribution in [0.25, 0.3) is 0 Å². The van der Waals surface area contributed by atoms with Gasteiger partial charge < -0.3 is 0 Å². The number of benzene rings is 1. The zero-order chi connectivity index (χ0) is 12.2. The molecule has 0 spiro atoms. The molecule has 0 aromatic heterocycles. The summed E-state index contributed by atoms with van der Waals surface area (Å²) < 4.78 is 26.2. The molecule has 0 fully saturated rings. The number of halogens is 3. The molecule has 16 heavy (non-hydrogen) atoms. The average molecular weight is 347 g/mol. The summed E-state index contributed by atoms with van der Waals surface area (Å²) in [5.41, 5.74) is 0.478. The molecule has 90 valence electrons. The topological polar surface area (TPSA) is 46.2 Å². The van der Waals surface area contributed by atoms with Gasteiger partial charge in [0.05, 0.1) is 10.8 Å². The van der Waals surface area contributed by atoms with Crippen molar-refractivity contribution in [2.45, 2.75) is 6.42 Å². The van der Waals surface area contributed by atoms with E-state index in [-0.39, 0.29) is 5.75 Å². The largest absolute Gasteiger partial charge is 0.284 e. The van der Waals surface area contributed by atoms with Gasteiger partial charge in [0.25, 0.3) is 0 Å². The molecule has 0 aliphatic heterocycles. The first kappa shape index (κ1) is 14.1. The standard InChI is InChI=1S/C9H10BrCl2NO2S/c10-8-6-7(2-3-9(8)12)13-16(14,15)5-1-4-11/h2-3,6,13H,1,4-5H2. The van der Waals surface area contributed by atoms with E-state index < -0.39 is 10.0 Å². The van der Waals surface area contributed by atoms with Gasteiger partial charge in [0.2, 0.25) is 10.0 Å².